The Hall–Kier alpha value is -4.90. The molecule has 330 valence electrons. The molecule has 5 nitrogen and oxygen atoms in total. The van der Waals surface area contributed by atoms with Crippen LogP contribution in [0.1, 0.15) is 153 Å². The number of benzene rings is 5. The third-order valence-electron chi connectivity index (χ3n) is 12.9. The van der Waals surface area contributed by atoms with Gasteiger partial charge in [0.15, 0.2) is 11.5 Å². The van der Waals surface area contributed by atoms with Crippen LogP contribution in [0.5, 0.6) is 17.2 Å². The van der Waals surface area contributed by atoms with Crippen LogP contribution >= 0.6 is 0 Å². The maximum atomic E-state index is 6.84. The molecule has 0 spiro atoms. The van der Waals surface area contributed by atoms with Crippen LogP contribution in [0.3, 0.4) is 0 Å². The summed E-state index contributed by atoms with van der Waals surface area (Å²) in [5.74, 6) is 2.66. The highest BCUT2D eigenvalue weighted by molar-refractivity contribution is 6.17. The zero-order valence-electron chi connectivity index (χ0n) is 38.8. The quantitative estimate of drug-likeness (QED) is 0.0509. The molecule has 0 N–H and O–H groups in total. The SMILES string of the molecule is CCCCCCCCOc1cc(-c2cccc3c2oc2cc4c(cc23)oc2c(-c3cc(C)c(OCCCCCCCC)c(OCCCCCCCC)c3)cccc24)cc(C)c1C. The van der Waals surface area contributed by atoms with E-state index in [1.807, 2.05) is 0 Å². The van der Waals surface area contributed by atoms with Gasteiger partial charge in [0.05, 0.1) is 19.8 Å². The Labute approximate surface area is 371 Å². The zero-order valence-corrected chi connectivity index (χ0v) is 38.8. The lowest BCUT2D eigenvalue weighted by molar-refractivity contribution is 0.257. The lowest BCUT2D eigenvalue weighted by Gasteiger charge is -2.17. The topological polar surface area (TPSA) is 54.0 Å². The minimum Gasteiger partial charge on any atom is -0.493 e. The standard InChI is InChI=1S/C57H72O5/c1-7-10-13-16-19-22-31-58-51-36-43(34-40(4)42(51)6)45-27-25-29-47-49-38-53-50(39-52(49)61-56(45)47)48-30-26-28-46(57(48)62-53)44-35-41(5)55(60-33-24-21-18-15-12-9-3)54(37-44)59-32-23-20-17-14-11-8-2/h25-30,34-39H,7-24,31-33H2,1-6H3. The average molecular weight is 837 g/mol. The third-order valence-corrected chi connectivity index (χ3v) is 12.9. The molecule has 0 saturated heterocycles. The van der Waals surface area contributed by atoms with Crippen molar-refractivity contribution < 1.29 is 23.0 Å². The third kappa shape index (κ3) is 10.8. The second-order valence-electron chi connectivity index (χ2n) is 17.8. The van der Waals surface area contributed by atoms with Crippen LogP contribution in [0, 0.1) is 20.8 Å². The van der Waals surface area contributed by atoms with E-state index in [4.69, 9.17) is 23.0 Å². The maximum Gasteiger partial charge on any atom is 0.164 e. The first-order chi connectivity index (χ1) is 30.4. The number of unbranched alkanes of at least 4 members (excludes halogenated alkanes) is 15. The molecule has 0 aliphatic carbocycles. The minimum absolute atomic E-state index is 0.684. The van der Waals surface area contributed by atoms with E-state index in [-0.39, 0.29) is 0 Å². The van der Waals surface area contributed by atoms with Crippen molar-refractivity contribution in [2.45, 2.75) is 157 Å². The second kappa shape index (κ2) is 22.5. The maximum absolute atomic E-state index is 6.84. The highest BCUT2D eigenvalue weighted by Crippen LogP contribution is 2.44. The van der Waals surface area contributed by atoms with E-state index in [9.17, 15) is 0 Å². The van der Waals surface area contributed by atoms with Crippen molar-refractivity contribution >= 4 is 43.9 Å². The van der Waals surface area contributed by atoms with Gasteiger partial charge in [-0.3, -0.25) is 0 Å². The summed E-state index contributed by atoms with van der Waals surface area (Å²) >= 11 is 0. The van der Waals surface area contributed by atoms with Gasteiger partial charge in [-0.05, 0) is 98.2 Å². The second-order valence-corrected chi connectivity index (χ2v) is 17.8. The van der Waals surface area contributed by atoms with E-state index in [2.05, 4.69) is 114 Å². The molecule has 0 unspecified atom stereocenters. The van der Waals surface area contributed by atoms with Gasteiger partial charge in [0, 0.05) is 32.7 Å². The Morgan fingerprint density at radius 2 is 0.823 bits per heavy atom. The van der Waals surface area contributed by atoms with E-state index in [1.165, 1.54) is 107 Å². The number of rotatable bonds is 26. The molecule has 7 rings (SSSR count). The molecule has 0 amide bonds. The van der Waals surface area contributed by atoms with Gasteiger partial charge in [0.1, 0.15) is 28.1 Å². The predicted molar refractivity (Wildman–Crippen MR) is 263 cm³/mol. The van der Waals surface area contributed by atoms with E-state index < -0.39 is 0 Å². The molecule has 62 heavy (non-hydrogen) atoms. The van der Waals surface area contributed by atoms with Crippen molar-refractivity contribution in [3.8, 4) is 39.5 Å². The summed E-state index contributed by atoms with van der Waals surface area (Å²) in [6, 6.07) is 26.1. The number of ether oxygens (including phenoxy) is 3. The van der Waals surface area contributed by atoms with Crippen LogP contribution in [-0.2, 0) is 0 Å². The monoisotopic (exact) mass is 837 g/mol. The van der Waals surface area contributed by atoms with Gasteiger partial charge in [-0.1, -0.05) is 160 Å². The summed E-state index contributed by atoms with van der Waals surface area (Å²) in [4.78, 5) is 0. The molecule has 0 radical (unpaired) electrons. The smallest absolute Gasteiger partial charge is 0.164 e. The Morgan fingerprint density at radius 3 is 1.32 bits per heavy atom. The highest BCUT2D eigenvalue weighted by atomic mass is 16.5. The molecule has 0 saturated carbocycles. The molecular weight excluding hydrogens is 765 g/mol. The van der Waals surface area contributed by atoms with Gasteiger partial charge in [-0.25, -0.2) is 0 Å². The first-order valence-corrected chi connectivity index (χ1v) is 24.4. The molecule has 0 atom stereocenters. The summed E-state index contributed by atoms with van der Waals surface area (Å²) in [5, 5.41) is 4.23. The molecule has 0 fully saturated rings. The van der Waals surface area contributed by atoms with E-state index in [0.717, 1.165) is 115 Å². The largest absolute Gasteiger partial charge is 0.493 e. The van der Waals surface area contributed by atoms with Crippen molar-refractivity contribution in [1.29, 1.82) is 0 Å². The predicted octanol–water partition coefficient (Wildman–Crippen LogP) is 18.0. The minimum atomic E-state index is 0.684. The van der Waals surface area contributed by atoms with E-state index in [0.29, 0.717) is 13.2 Å². The van der Waals surface area contributed by atoms with Crippen molar-refractivity contribution in [2.75, 3.05) is 19.8 Å². The van der Waals surface area contributed by atoms with Gasteiger partial charge >= 0.3 is 0 Å². The fourth-order valence-corrected chi connectivity index (χ4v) is 9.05. The molecular formula is C57H72O5. The number of aryl methyl sites for hydroxylation is 2. The van der Waals surface area contributed by atoms with Crippen LogP contribution in [0.25, 0.3) is 66.1 Å². The van der Waals surface area contributed by atoms with Crippen LogP contribution in [0.4, 0.5) is 0 Å². The summed E-state index contributed by atoms with van der Waals surface area (Å²) < 4.78 is 33.1. The molecule has 7 aromatic rings. The summed E-state index contributed by atoms with van der Waals surface area (Å²) in [6.45, 7) is 15.4. The molecule has 2 aromatic heterocycles. The number of hydrogen-bond donors (Lipinski definition) is 0. The normalized spacial score (nSPS) is 11.8. The number of hydrogen-bond acceptors (Lipinski definition) is 5. The van der Waals surface area contributed by atoms with Crippen molar-refractivity contribution in [2.24, 2.45) is 0 Å². The number of fused-ring (bicyclic) bond motifs is 6. The molecule has 5 aromatic carbocycles. The fourth-order valence-electron chi connectivity index (χ4n) is 9.05. The average Bonchev–Trinajstić information content (AvgIpc) is 3.83. The first kappa shape index (κ1) is 45.1. The van der Waals surface area contributed by atoms with Crippen LogP contribution in [0.15, 0.2) is 81.6 Å². The highest BCUT2D eigenvalue weighted by Gasteiger charge is 2.20. The fraction of sp³-hybridized carbons (Fsp3) is 0.474. The Bertz CT molecular complexity index is 2520. The molecule has 0 aliphatic heterocycles. The lowest BCUT2D eigenvalue weighted by atomic mass is 9.97. The van der Waals surface area contributed by atoms with Crippen molar-refractivity contribution in [3.05, 3.63) is 89.5 Å². The Morgan fingerprint density at radius 1 is 0.403 bits per heavy atom. The Balaban J connectivity index is 1.17. The van der Waals surface area contributed by atoms with Crippen LogP contribution in [-0.4, -0.2) is 19.8 Å². The van der Waals surface area contributed by atoms with Gasteiger partial charge in [0.25, 0.3) is 0 Å². The number of para-hydroxylation sites is 2. The van der Waals surface area contributed by atoms with Gasteiger partial charge < -0.3 is 23.0 Å². The molecule has 5 heteroatoms. The molecule has 2 heterocycles. The van der Waals surface area contributed by atoms with E-state index in [1.54, 1.807) is 0 Å². The molecule has 0 bridgehead atoms. The van der Waals surface area contributed by atoms with E-state index >= 15 is 0 Å². The summed E-state index contributed by atoms with van der Waals surface area (Å²) in [5.41, 5.74) is 11.2. The lowest BCUT2D eigenvalue weighted by Crippen LogP contribution is -2.04. The summed E-state index contributed by atoms with van der Waals surface area (Å²) in [6.07, 6.45) is 22.2. The number of furan rings is 2. The zero-order chi connectivity index (χ0) is 43.3. The van der Waals surface area contributed by atoms with Gasteiger partial charge in [-0.15, -0.1) is 0 Å². The summed E-state index contributed by atoms with van der Waals surface area (Å²) in [7, 11) is 0. The van der Waals surface area contributed by atoms with Crippen LogP contribution < -0.4 is 14.2 Å². The van der Waals surface area contributed by atoms with Crippen molar-refractivity contribution in [1.82, 2.24) is 0 Å². The Kier molecular flexibility index (Phi) is 16.3. The first-order valence-electron chi connectivity index (χ1n) is 24.4. The van der Waals surface area contributed by atoms with Gasteiger partial charge in [0.2, 0.25) is 0 Å². The van der Waals surface area contributed by atoms with Gasteiger partial charge in [-0.2, -0.15) is 0 Å². The molecule has 0 aliphatic rings. The van der Waals surface area contributed by atoms with Crippen LogP contribution in [0.2, 0.25) is 0 Å². The van der Waals surface area contributed by atoms with Crippen molar-refractivity contribution in [3.63, 3.8) is 0 Å².